The van der Waals surface area contributed by atoms with Gasteiger partial charge in [0.25, 0.3) is 0 Å². The van der Waals surface area contributed by atoms with E-state index in [2.05, 4.69) is 11.0 Å². The second-order valence-corrected chi connectivity index (χ2v) is 8.36. The van der Waals surface area contributed by atoms with E-state index in [0.29, 0.717) is 26.1 Å². The van der Waals surface area contributed by atoms with Crippen molar-refractivity contribution in [2.45, 2.75) is 19.3 Å². The quantitative estimate of drug-likeness (QED) is 0.745. The number of likely N-dealkylation sites (tertiary alicyclic amines) is 1. The summed E-state index contributed by atoms with van der Waals surface area (Å²) in [6.45, 7) is 4.33. The number of amides is 2. The molecule has 0 saturated carbocycles. The van der Waals surface area contributed by atoms with E-state index in [1.807, 2.05) is 58.3 Å². The van der Waals surface area contributed by atoms with E-state index in [-0.39, 0.29) is 17.7 Å². The molecular formula is C25H31N3O3. The van der Waals surface area contributed by atoms with Gasteiger partial charge in [-0.05, 0) is 30.5 Å². The molecule has 2 fully saturated rings. The summed E-state index contributed by atoms with van der Waals surface area (Å²) < 4.78 is 5.33. The van der Waals surface area contributed by atoms with Crippen molar-refractivity contribution in [1.29, 1.82) is 0 Å². The van der Waals surface area contributed by atoms with Gasteiger partial charge in [0, 0.05) is 51.0 Å². The normalized spacial score (nSPS) is 19.3. The highest BCUT2D eigenvalue weighted by Crippen LogP contribution is 2.24. The number of carbonyl (C=O) groups excluding carboxylic acids is 2. The number of hydrogen-bond donors (Lipinski definition) is 0. The Labute approximate surface area is 184 Å². The molecule has 1 atom stereocenters. The maximum absolute atomic E-state index is 13.2. The fraction of sp³-hybridized carbons (Fsp3) is 0.440. The number of methoxy groups -OCH3 is 1. The largest absolute Gasteiger partial charge is 0.497 e. The predicted octanol–water partition coefficient (Wildman–Crippen LogP) is 2.83. The van der Waals surface area contributed by atoms with Gasteiger partial charge in [-0.1, -0.05) is 36.4 Å². The standard InChI is InChI=1S/C25H31N3O3/c1-31-23-11-5-10-22(18-23)26-13-15-27(16-14-26)25(30)21-9-6-12-28(19-21)24(29)17-20-7-3-2-4-8-20/h2-5,7-8,10-11,18,21H,6,9,12-17,19H2,1H3/t21-/m1/s1. The maximum Gasteiger partial charge on any atom is 0.227 e. The summed E-state index contributed by atoms with van der Waals surface area (Å²) >= 11 is 0. The first-order valence-electron chi connectivity index (χ1n) is 11.1. The van der Waals surface area contributed by atoms with Crippen molar-refractivity contribution in [2.75, 3.05) is 51.3 Å². The summed E-state index contributed by atoms with van der Waals surface area (Å²) in [6.07, 6.45) is 2.16. The number of benzene rings is 2. The summed E-state index contributed by atoms with van der Waals surface area (Å²) in [4.78, 5) is 32.1. The molecule has 6 nitrogen and oxygen atoms in total. The monoisotopic (exact) mass is 421 g/mol. The Bertz CT molecular complexity index is 894. The Morgan fingerprint density at radius 2 is 1.71 bits per heavy atom. The minimum atomic E-state index is -0.0863. The fourth-order valence-electron chi connectivity index (χ4n) is 4.54. The van der Waals surface area contributed by atoms with E-state index in [9.17, 15) is 9.59 Å². The molecule has 2 saturated heterocycles. The summed E-state index contributed by atoms with van der Waals surface area (Å²) in [5.41, 5.74) is 2.15. The van der Waals surface area contributed by atoms with Crippen LogP contribution in [0.5, 0.6) is 5.75 Å². The maximum atomic E-state index is 13.2. The molecule has 0 unspecified atom stereocenters. The van der Waals surface area contributed by atoms with E-state index in [0.717, 1.165) is 49.5 Å². The van der Waals surface area contributed by atoms with Gasteiger partial charge in [0.15, 0.2) is 0 Å². The molecular weight excluding hydrogens is 390 g/mol. The van der Waals surface area contributed by atoms with Gasteiger partial charge in [0.2, 0.25) is 11.8 Å². The first-order valence-corrected chi connectivity index (χ1v) is 11.1. The molecule has 4 rings (SSSR count). The van der Waals surface area contributed by atoms with Crippen LogP contribution in [-0.4, -0.2) is 68.0 Å². The van der Waals surface area contributed by atoms with Gasteiger partial charge in [-0.2, -0.15) is 0 Å². The van der Waals surface area contributed by atoms with E-state index < -0.39 is 0 Å². The average molecular weight is 422 g/mol. The number of anilines is 1. The van der Waals surface area contributed by atoms with Crippen LogP contribution in [-0.2, 0) is 16.0 Å². The molecule has 2 aliphatic rings. The van der Waals surface area contributed by atoms with Crippen molar-refractivity contribution < 1.29 is 14.3 Å². The molecule has 164 valence electrons. The van der Waals surface area contributed by atoms with E-state index in [4.69, 9.17) is 4.74 Å². The van der Waals surface area contributed by atoms with Gasteiger partial charge < -0.3 is 19.4 Å². The Balaban J connectivity index is 1.30. The number of hydrogen-bond acceptors (Lipinski definition) is 4. The number of carbonyl (C=O) groups is 2. The van der Waals surface area contributed by atoms with Gasteiger partial charge in [-0.25, -0.2) is 0 Å². The lowest BCUT2D eigenvalue weighted by Gasteiger charge is -2.39. The molecule has 0 aliphatic carbocycles. The van der Waals surface area contributed by atoms with Crippen LogP contribution in [0.3, 0.4) is 0 Å². The first-order chi connectivity index (χ1) is 15.1. The van der Waals surface area contributed by atoms with Gasteiger partial charge in [-0.3, -0.25) is 9.59 Å². The van der Waals surface area contributed by atoms with Gasteiger partial charge in [0.1, 0.15) is 5.75 Å². The number of ether oxygens (including phenoxy) is 1. The number of piperazine rings is 1. The van der Waals surface area contributed by atoms with Crippen molar-refractivity contribution in [1.82, 2.24) is 9.80 Å². The molecule has 2 amide bonds. The zero-order valence-corrected chi connectivity index (χ0v) is 18.2. The van der Waals surface area contributed by atoms with Crippen LogP contribution in [0.1, 0.15) is 18.4 Å². The van der Waals surface area contributed by atoms with E-state index in [1.165, 1.54) is 0 Å². The van der Waals surface area contributed by atoms with Crippen LogP contribution in [0.2, 0.25) is 0 Å². The topological polar surface area (TPSA) is 53.1 Å². The van der Waals surface area contributed by atoms with Crippen LogP contribution >= 0.6 is 0 Å². The van der Waals surface area contributed by atoms with Crippen LogP contribution in [0.25, 0.3) is 0 Å². The summed E-state index contributed by atoms with van der Waals surface area (Å²) in [5.74, 6) is 1.07. The van der Waals surface area contributed by atoms with Crippen LogP contribution < -0.4 is 9.64 Å². The van der Waals surface area contributed by atoms with Crippen molar-refractivity contribution in [3.8, 4) is 5.75 Å². The highest BCUT2D eigenvalue weighted by atomic mass is 16.5. The van der Waals surface area contributed by atoms with Crippen LogP contribution in [0, 0.1) is 5.92 Å². The van der Waals surface area contributed by atoms with Crippen molar-refractivity contribution in [3.63, 3.8) is 0 Å². The first kappa shape index (κ1) is 21.2. The predicted molar refractivity (Wildman–Crippen MR) is 121 cm³/mol. The Kier molecular flexibility index (Phi) is 6.75. The third-order valence-electron chi connectivity index (χ3n) is 6.33. The molecule has 0 aromatic heterocycles. The molecule has 2 aromatic rings. The minimum Gasteiger partial charge on any atom is -0.497 e. The molecule has 0 radical (unpaired) electrons. The summed E-state index contributed by atoms with van der Waals surface area (Å²) in [5, 5.41) is 0. The average Bonchev–Trinajstić information content (AvgIpc) is 2.84. The number of piperidine rings is 1. The molecule has 2 heterocycles. The highest BCUT2D eigenvalue weighted by molar-refractivity contribution is 5.82. The van der Waals surface area contributed by atoms with Crippen molar-refractivity contribution in [2.24, 2.45) is 5.92 Å². The highest BCUT2D eigenvalue weighted by Gasteiger charge is 2.32. The third kappa shape index (κ3) is 5.19. The van der Waals surface area contributed by atoms with Gasteiger partial charge in [-0.15, -0.1) is 0 Å². The molecule has 2 aromatic carbocycles. The lowest BCUT2D eigenvalue weighted by atomic mass is 9.95. The number of rotatable bonds is 5. The van der Waals surface area contributed by atoms with E-state index >= 15 is 0 Å². The zero-order chi connectivity index (χ0) is 21.6. The van der Waals surface area contributed by atoms with E-state index in [1.54, 1.807) is 7.11 Å². The molecule has 0 N–H and O–H groups in total. The summed E-state index contributed by atoms with van der Waals surface area (Å²) in [6, 6.07) is 17.9. The van der Waals surface area contributed by atoms with Gasteiger partial charge >= 0.3 is 0 Å². The van der Waals surface area contributed by atoms with Crippen LogP contribution in [0.4, 0.5) is 5.69 Å². The van der Waals surface area contributed by atoms with Crippen molar-refractivity contribution >= 4 is 17.5 Å². The molecule has 6 heteroatoms. The van der Waals surface area contributed by atoms with Crippen molar-refractivity contribution in [3.05, 3.63) is 60.2 Å². The smallest absolute Gasteiger partial charge is 0.227 e. The Morgan fingerprint density at radius 3 is 2.45 bits per heavy atom. The summed E-state index contributed by atoms with van der Waals surface area (Å²) in [7, 11) is 1.67. The zero-order valence-electron chi connectivity index (χ0n) is 18.2. The molecule has 0 bridgehead atoms. The Hall–Kier alpha value is -3.02. The lowest BCUT2D eigenvalue weighted by molar-refractivity contribution is -0.140. The van der Waals surface area contributed by atoms with Gasteiger partial charge in [0.05, 0.1) is 19.4 Å². The molecule has 2 aliphatic heterocycles. The fourth-order valence-corrected chi connectivity index (χ4v) is 4.54. The minimum absolute atomic E-state index is 0.0863. The second-order valence-electron chi connectivity index (χ2n) is 8.36. The third-order valence-corrected chi connectivity index (χ3v) is 6.33. The molecule has 31 heavy (non-hydrogen) atoms. The number of nitrogens with zero attached hydrogens (tertiary/aromatic N) is 3. The second kappa shape index (κ2) is 9.86. The molecule has 0 spiro atoms. The lowest BCUT2D eigenvalue weighted by Crippen LogP contribution is -2.53. The van der Waals surface area contributed by atoms with Crippen LogP contribution in [0.15, 0.2) is 54.6 Å². The Morgan fingerprint density at radius 1 is 0.935 bits per heavy atom. The SMILES string of the molecule is COc1cccc(N2CCN(C(=O)[C@@H]3CCCN(C(=O)Cc4ccccc4)C3)CC2)c1.